The highest BCUT2D eigenvalue weighted by Crippen LogP contribution is 2.20. The highest BCUT2D eigenvalue weighted by atomic mass is 32.2. The van der Waals surface area contributed by atoms with E-state index in [9.17, 15) is 17.8 Å². The third-order valence-corrected chi connectivity index (χ3v) is 3.92. The predicted octanol–water partition coefficient (Wildman–Crippen LogP) is 1.82. The molecule has 1 aromatic rings. The Hall–Kier alpha value is -1.50. The van der Waals surface area contributed by atoms with Gasteiger partial charge in [-0.1, -0.05) is 13.8 Å². The zero-order valence-corrected chi connectivity index (χ0v) is 12.2. The van der Waals surface area contributed by atoms with Gasteiger partial charge in [0.15, 0.2) is 0 Å². The third-order valence-electron chi connectivity index (χ3n) is 2.55. The van der Waals surface area contributed by atoms with Crippen molar-refractivity contribution in [2.45, 2.75) is 25.2 Å². The molecule has 0 aromatic heterocycles. The number of benzene rings is 1. The number of nitrogens with one attached hydrogen (secondary N) is 1. The molecule has 1 atom stereocenters. The van der Waals surface area contributed by atoms with E-state index < -0.39 is 39.0 Å². The van der Waals surface area contributed by atoms with Crippen LogP contribution in [0.15, 0.2) is 17.0 Å². The van der Waals surface area contributed by atoms with E-state index in [0.29, 0.717) is 12.5 Å². The van der Waals surface area contributed by atoms with E-state index in [-0.39, 0.29) is 5.69 Å². The number of halogens is 2. The van der Waals surface area contributed by atoms with E-state index >= 15 is 0 Å². The van der Waals surface area contributed by atoms with Gasteiger partial charge in [-0.15, -0.1) is 0 Å². The van der Waals surface area contributed by atoms with E-state index in [0.717, 1.165) is 18.6 Å². The van der Waals surface area contributed by atoms with Gasteiger partial charge in [0.25, 0.3) is 0 Å². The zero-order valence-electron chi connectivity index (χ0n) is 11.4. The lowest BCUT2D eigenvalue weighted by molar-refractivity contribution is -0.118. The first-order valence-electron chi connectivity index (χ1n) is 6.20. The number of rotatable bonds is 6. The SMILES string of the molecule is CC(C)CCNC(=O)CS(=O)c1c(F)cc(N)cc1F. The van der Waals surface area contributed by atoms with E-state index in [1.54, 1.807) is 0 Å². The summed E-state index contributed by atoms with van der Waals surface area (Å²) in [7, 11) is -2.08. The van der Waals surface area contributed by atoms with Gasteiger partial charge in [0, 0.05) is 12.2 Å². The van der Waals surface area contributed by atoms with Crippen LogP contribution in [0, 0.1) is 17.6 Å². The van der Waals surface area contributed by atoms with Crippen LogP contribution >= 0.6 is 0 Å². The number of hydrogen-bond acceptors (Lipinski definition) is 3. The fourth-order valence-electron chi connectivity index (χ4n) is 1.54. The first kappa shape index (κ1) is 16.6. The van der Waals surface area contributed by atoms with Crippen LogP contribution in [-0.2, 0) is 15.6 Å². The van der Waals surface area contributed by atoms with E-state index in [4.69, 9.17) is 5.73 Å². The lowest BCUT2D eigenvalue weighted by Gasteiger charge is -2.08. The molecule has 20 heavy (non-hydrogen) atoms. The molecule has 0 radical (unpaired) electrons. The molecular formula is C13H18F2N2O2S. The molecule has 1 unspecified atom stereocenters. The quantitative estimate of drug-likeness (QED) is 0.787. The molecule has 3 N–H and O–H groups in total. The summed E-state index contributed by atoms with van der Waals surface area (Å²) in [5.41, 5.74) is 5.17. The van der Waals surface area contributed by atoms with Crippen molar-refractivity contribution >= 4 is 22.4 Å². The van der Waals surface area contributed by atoms with Gasteiger partial charge < -0.3 is 11.1 Å². The van der Waals surface area contributed by atoms with Crippen molar-refractivity contribution in [1.82, 2.24) is 5.32 Å². The van der Waals surface area contributed by atoms with Gasteiger partial charge in [0.2, 0.25) is 5.91 Å². The second-order valence-electron chi connectivity index (χ2n) is 4.84. The van der Waals surface area contributed by atoms with Crippen LogP contribution in [0.1, 0.15) is 20.3 Å². The first-order valence-corrected chi connectivity index (χ1v) is 7.52. The molecule has 0 spiro atoms. The van der Waals surface area contributed by atoms with Crippen LogP contribution in [0.2, 0.25) is 0 Å². The highest BCUT2D eigenvalue weighted by molar-refractivity contribution is 7.85. The summed E-state index contributed by atoms with van der Waals surface area (Å²) < 4.78 is 38.9. The minimum Gasteiger partial charge on any atom is -0.399 e. The largest absolute Gasteiger partial charge is 0.399 e. The molecule has 1 rings (SSSR count). The van der Waals surface area contributed by atoms with Crippen LogP contribution in [0.25, 0.3) is 0 Å². The molecule has 0 aliphatic carbocycles. The zero-order chi connectivity index (χ0) is 15.3. The number of hydrogen-bond donors (Lipinski definition) is 2. The average molecular weight is 304 g/mol. The monoisotopic (exact) mass is 304 g/mol. The Balaban J connectivity index is 2.65. The van der Waals surface area contributed by atoms with Gasteiger partial charge in [-0.2, -0.15) is 0 Å². The number of carbonyl (C=O) groups is 1. The Morgan fingerprint density at radius 1 is 1.35 bits per heavy atom. The first-order chi connectivity index (χ1) is 9.31. The van der Waals surface area contributed by atoms with Crippen LogP contribution in [0.3, 0.4) is 0 Å². The molecule has 0 fully saturated rings. The third kappa shape index (κ3) is 4.88. The smallest absolute Gasteiger partial charge is 0.233 e. The van der Waals surface area contributed by atoms with Gasteiger partial charge >= 0.3 is 0 Å². The van der Waals surface area contributed by atoms with Gasteiger partial charge in [-0.05, 0) is 24.5 Å². The van der Waals surface area contributed by atoms with Crippen molar-refractivity contribution in [3.05, 3.63) is 23.8 Å². The molecular weight excluding hydrogens is 286 g/mol. The lowest BCUT2D eigenvalue weighted by Crippen LogP contribution is -2.30. The molecule has 7 heteroatoms. The van der Waals surface area contributed by atoms with Crippen molar-refractivity contribution in [1.29, 1.82) is 0 Å². The second kappa shape index (κ2) is 7.33. The Morgan fingerprint density at radius 2 is 1.90 bits per heavy atom. The summed E-state index contributed by atoms with van der Waals surface area (Å²) in [6, 6.07) is 1.76. The molecule has 0 aliphatic heterocycles. The standard InChI is InChI=1S/C13H18F2N2O2S/c1-8(2)3-4-17-12(18)7-20(19)13-10(14)5-9(16)6-11(13)15/h5-6,8H,3-4,7,16H2,1-2H3,(H,17,18). The number of anilines is 1. The Labute approximate surface area is 119 Å². The summed E-state index contributed by atoms with van der Waals surface area (Å²) in [5, 5.41) is 2.56. The van der Waals surface area contributed by atoms with E-state index in [2.05, 4.69) is 5.32 Å². The minimum atomic E-state index is -2.08. The van der Waals surface area contributed by atoms with Crippen LogP contribution < -0.4 is 11.1 Å². The number of carbonyl (C=O) groups excluding carboxylic acids is 1. The molecule has 0 saturated heterocycles. The summed E-state index contributed by atoms with van der Waals surface area (Å²) in [6.45, 7) is 4.45. The fourth-order valence-corrected chi connectivity index (χ4v) is 2.58. The maximum atomic E-state index is 13.5. The highest BCUT2D eigenvalue weighted by Gasteiger charge is 2.19. The molecule has 0 saturated carbocycles. The Morgan fingerprint density at radius 3 is 2.40 bits per heavy atom. The van der Waals surface area contributed by atoms with Gasteiger partial charge in [0.1, 0.15) is 22.3 Å². The maximum Gasteiger partial charge on any atom is 0.233 e. The van der Waals surface area contributed by atoms with Gasteiger partial charge in [-0.25, -0.2) is 8.78 Å². The van der Waals surface area contributed by atoms with Crippen molar-refractivity contribution in [2.24, 2.45) is 5.92 Å². The number of nitrogen functional groups attached to an aromatic ring is 1. The van der Waals surface area contributed by atoms with Crippen molar-refractivity contribution in [3.8, 4) is 0 Å². The maximum absolute atomic E-state index is 13.5. The minimum absolute atomic E-state index is 0.0952. The van der Waals surface area contributed by atoms with Gasteiger partial charge in [0.05, 0.1) is 10.8 Å². The number of nitrogens with two attached hydrogens (primary N) is 1. The molecule has 4 nitrogen and oxygen atoms in total. The second-order valence-corrected chi connectivity index (χ2v) is 6.22. The molecule has 0 heterocycles. The topological polar surface area (TPSA) is 72.2 Å². The molecule has 0 aliphatic rings. The lowest BCUT2D eigenvalue weighted by atomic mass is 10.1. The molecule has 0 bridgehead atoms. The Bertz CT molecular complexity index is 498. The van der Waals surface area contributed by atoms with Crippen molar-refractivity contribution < 1.29 is 17.8 Å². The summed E-state index contributed by atoms with van der Waals surface area (Å²) in [6.07, 6.45) is 0.781. The van der Waals surface area contributed by atoms with Crippen LogP contribution in [0.5, 0.6) is 0 Å². The summed E-state index contributed by atoms with van der Waals surface area (Å²) >= 11 is 0. The normalized spacial score (nSPS) is 12.4. The molecule has 112 valence electrons. The number of amides is 1. The van der Waals surface area contributed by atoms with Crippen LogP contribution in [0.4, 0.5) is 14.5 Å². The Kier molecular flexibility index (Phi) is 6.06. The summed E-state index contributed by atoms with van der Waals surface area (Å²) in [5.74, 6) is -2.56. The summed E-state index contributed by atoms with van der Waals surface area (Å²) in [4.78, 5) is 10.9. The molecule has 1 amide bonds. The molecule has 1 aromatic carbocycles. The van der Waals surface area contributed by atoms with E-state index in [1.807, 2.05) is 13.8 Å². The predicted molar refractivity (Wildman–Crippen MR) is 74.5 cm³/mol. The van der Waals surface area contributed by atoms with Crippen LogP contribution in [-0.4, -0.2) is 22.4 Å². The van der Waals surface area contributed by atoms with Crippen molar-refractivity contribution in [3.63, 3.8) is 0 Å². The van der Waals surface area contributed by atoms with E-state index in [1.165, 1.54) is 0 Å². The van der Waals surface area contributed by atoms with Gasteiger partial charge in [-0.3, -0.25) is 9.00 Å². The fraction of sp³-hybridized carbons (Fsp3) is 0.462. The average Bonchev–Trinajstić information content (AvgIpc) is 2.26. The van der Waals surface area contributed by atoms with Crippen molar-refractivity contribution in [2.75, 3.05) is 18.0 Å².